The van der Waals surface area contributed by atoms with E-state index in [4.69, 9.17) is 0 Å². The fourth-order valence-electron chi connectivity index (χ4n) is 2.37. The minimum Gasteiger partial charge on any atom is -0.339 e. The summed E-state index contributed by atoms with van der Waals surface area (Å²) in [6.45, 7) is 4.28. The number of sulfonamides is 1. The van der Waals surface area contributed by atoms with Crippen molar-refractivity contribution >= 4 is 21.8 Å². The Morgan fingerprint density at radius 1 is 1.00 bits per heavy atom. The van der Waals surface area contributed by atoms with Gasteiger partial charge >= 0.3 is 0 Å². The monoisotopic (exact) mass is 289 g/mol. The molecule has 8 heteroatoms. The molecule has 2 amide bonds. The molecule has 0 aliphatic carbocycles. The van der Waals surface area contributed by atoms with Crippen LogP contribution in [0.4, 0.5) is 0 Å². The number of amides is 2. The maximum atomic E-state index is 12.1. The third kappa shape index (κ3) is 3.06. The first-order valence-electron chi connectivity index (χ1n) is 6.28. The molecule has 7 nitrogen and oxygen atoms in total. The molecule has 2 aliphatic rings. The molecular weight excluding hydrogens is 270 g/mol. The summed E-state index contributed by atoms with van der Waals surface area (Å²) in [5, 5.41) is 0. The lowest BCUT2D eigenvalue weighted by molar-refractivity contribution is -0.144. The normalized spacial score (nSPS) is 22.2. The minimum atomic E-state index is -3.17. The van der Waals surface area contributed by atoms with Gasteiger partial charge in [0.25, 0.3) is 0 Å². The second-order valence-corrected chi connectivity index (χ2v) is 7.09. The van der Waals surface area contributed by atoms with Gasteiger partial charge in [-0.25, -0.2) is 12.7 Å². The molecule has 0 aromatic carbocycles. The standard InChI is InChI=1S/C11H19N3O4S/c1-9(15)12-3-5-13(6-4-12)11(16)10-7-14(8-10)19(2,17)18/h10H,3-8H2,1-2H3. The maximum absolute atomic E-state index is 12.1. The third-order valence-corrected chi connectivity index (χ3v) is 4.94. The molecule has 2 aliphatic heterocycles. The van der Waals surface area contributed by atoms with E-state index in [-0.39, 0.29) is 30.8 Å². The van der Waals surface area contributed by atoms with E-state index in [9.17, 15) is 18.0 Å². The smallest absolute Gasteiger partial charge is 0.228 e. The Morgan fingerprint density at radius 2 is 1.47 bits per heavy atom. The molecular formula is C11H19N3O4S. The molecule has 2 fully saturated rings. The predicted octanol–water partition coefficient (Wildman–Crippen LogP) is -1.43. The van der Waals surface area contributed by atoms with Gasteiger partial charge in [0.2, 0.25) is 21.8 Å². The Balaban J connectivity index is 1.82. The van der Waals surface area contributed by atoms with Gasteiger partial charge in [-0.05, 0) is 0 Å². The average molecular weight is 289 g/mol. The van der Waals surface area contributed by atoms with Crippen LogP contribution in [0.5, 0.6) is 0 Å². The van der Waals surface area contributed by atoms with Crippen molar-refractivity contribution in [3.63, 3.8) is 0 Å². The summed E-state index contributed by atoms with van der Waals surface area (Å²) in [7, 11) is -3.17. The lowest BCUT2D eigenvalue weighted by atomic mass is 10.0. The maximum Gasteiger partial charge on any atom is 0.228 e. The van der Waals surface area contributed by atoms with Gasteiger partial charge in [-0.1, -0.05) is 0 Å². The highest BCUT2D eigenvalue weighted by Gasteiger charge is 2.40. The van der Waals surface area contributed by atoms with Crippen LogP contribution in [0.1, 0.15) is 6.92 Å². The van der Waals surface area contributed by atoms with E-state index in [0.29, 0.717) is 26.2 Å². The van der Waals surface area contributed by atoms with Crippen molar-refractivity contribution in [2.24, 2.45) is 5.92 Å². The number of nitrogens with zero attached hydrogens (tertiary/aromatic N) is 3. The van der Waals surface area contributed by atoms with Gasteiger partial charge in [0.15, 0.2) is 0 Å². The Bertz CT molecular complexity index is 476. The van der Waals surface area contributed by atoms with E-state index >= 15 is 0 Å². The average Bonchev–Trinajstić information content (AvgIpc) is 2.25. The Morgan fingerprint density at radius 3 is 1.89 bits per heavy atom. The highest BCUT2D eigenvalue weighted by atomic mass is 32.2. The van der Waals surface area contributed by atoms with E-state index in [1.807, 2.05) is 0 Å². The van der Waals surface area contributed by atoms with E-state index in [0.717, 1.165) is 6.26 Å². The first kappa shape index (κ1) is 14.3. The summed E-state index contributed by atoms with van der Waals surface area (Å²) in [5.41, 5.74) is 0. The quantitative estimate of drug-likeness (QED) is 0.624. The molecule has 0 bridgehead atoms. The van der Waals surface area contributed by atoms with Gasteiger partial charge in [0.1, 0.15) is 0 Å². The van der Waals surface area contributed by atoms with Crippen molar-refractivity contribution in [3.8, 4) is 0 Å². The van der Waals surface area contributed by atoms with E-state index < -0.39 is 10.0 Å². The molecule has 0 saturated carbocycles. The Labute approximate surface area is 113 Å². The predicted molar refractivity (Wildman–Crippen MR) is 68.7 cm³/mol. The van der Waals surface area contributed by atoms with Crippen LogP contribution >= 0.6 is 0 Å². The van der Waals surface area contributed by atoms with Crippen LogP contribution in [0.3, 0.4) is 0 Å². The summed E-state index contributed by atoms with van der Waals surface area (Å²) in [6.07, 6.45) is 1.15. The van der Waals surface area contributed by atoms with Crippen LogP contribution in [-0.4, -0.2) is 79.9 Å². The summed E-state index contributed by atoms with van der Waals surface area (Å²) in [6, 6.07) is 0. The number of rotatable bonds is 2. The third-order valence-electron chi connectivity index (χ3n) is 3.70. The number of carbonyl (C=O) groups excluding carboxylic acids is 2. The summed E-state index contributed by atoms with van der Waals surface area (Å²) >= 11 is 0. The van der Waals surface area contributed by atoms with Gasteiger partial charge in [0, 0.05) is 46.2 Å². The minimum absolute atomic E-state index is 0.00287. The number of piperazine rings is 1. The first-order chi connectivity index (χ1) is 8.79. The second-order valence-electron chi connectivity index (χ2n) is 5.11. The van der Waals surface area contributed by atoms with E-state index in [1.165, 1.54) is 11.2 Å². The SMILES string of the molecule is CC(=O)N1CCN(C(=O)C2CN(S(C)(=O)=O)C2)CC1. The molecule has 2 rings (SSSR count). The molecule has 19 heavy (non-hydrogen) atoms. The zero-order chi connectivity index (χ0) is 14.2. The van der Waals surface area contributed by atoms with Crippen molar-refractivity contribution in [1.82, 2.24) is 14.1 Å². The molecule has 0 N–H and O–H groups in total. The van der Waals surface area contributed by atoms with Crippen LogP contribution in [-0.2, 0) is 19.6 Å². The molecule has 0 aromatic rings. The van der Waals surface area contributed by atoms with Crippen LogP contribution < -0.4 is 0 Å². The second kappa shape index (κ2) is 5.09. The van der Waals surface area contributed by atoms with Crippen LogP contribution in [0.25, 0.3) is 0 Å². The van der Waals surface area contributed by atoms with Crippen molar-refractivity contribution < 1.29 is 18.0 Å². The molecule has 0 aromatic heterocycles. The van der Waals surface area contributed by atoms with Crippen LogP contribution in [0.2, 0.25) is 0 Å². The molecule has 2 saturated heterocycles. The summed E-state index contributed by atoms with van der Waals surface area (Å²) in [5.74, 6) is -0.194. The highest BCUT2D eigenvalue weighted by Crippen LogP contribution is 2.21. The zero-order valence-corrected chi connectivity index (χ0v) is 12.0. The van der Waals surface area contributed by atoms with E-state index in [1.54, 1.807) is 9.80 Å². The number of hydrogen-bond acceptors (Lipinski definition) is 4. The zero-order valence-electron chi connectivity index (χ0n) is 11.2. The van der Waals surface area contributed by atoms with Gasteiger partial charge in [-0.2, -0.15) is 0 Å². The molecule has 108 valence electrons. The lowest BCUT2D eigenvalue weighted by Crippen LogP contribution is -2.59. The van der Waals surface area contributed by atoms with Gasteiger partial charge in [-0.15, -0.1) is 0 Å². The summed E-state index contributed by atoms with van der Waals surface area (Å²) < 4.78 is 23.8. The Hall–Kier alpha value is -1.15. The lowest BCUT2D eigenvalue weighted by Gasteiger charge is -2.41. The molecule has 0 atom stereocenters. The summed E-state index contributed by atoms with van der Waals surface area (Å²) in [4.78, 5) is 26.8. The van der Waals surface area contributed by atoms with Crippen molar-refractivity contribution in [1.29, 1.82) is 0 Å². The highest BCUT2D eigenvalue weighted by molar-refractivity contribution is 7.88. The molecule has 0 unspecified atom stereocenters. The fraction of sp³-hybridized carbons (Fsp3) is 0.818. The Kier molecular flexibility index (Phi) is 3.82. The molecule has 0 spiro atoms. The van der Waals surface area contributed by atoms with Gasteiger partial charge < -0.3 is 9.80 Å². The molecule has 0 radical (unpaired) electrons. The van der Waals surface area contributed by atoms with Crippen molar-refractivity contribution in [3.05, 3.63) is 0 Å². The van der Waals surface area contributed by atoms with Gasteiger partial charge in [-0.3, -0.25) is 9.59 Å². The van der Waals surface area contributed by atoms with Crippen LogP contribution in [0, 0.1) is 5.92 Å². The van der Waals surface area contributed by atoms with Gasteiger partial charge in [0.05, 0.1) is 12.2 Å². The van der Waals surface area contributed by atoms with Crippen LogP contribution in [0.15, 0.2) is 0 Å². The first-order valence-corrected chi connectivity index (χ1v) is 8.13. The van der Waals surface area contributed by atoms with Crippen molar-refractivity contribution in [2.45, 2.75) is 6.92 Å². The van der Waals surface area contributed by atoms with Crippen molar-refractivity contribution in [2.75, 3.05) is 45.5 Å². The van der Waals surface area contributed by atoms with E-state index in [2.05, 4.69) is 0 Å². The largest absolute Gasteiger partial charge is 0.339 e. The fourth-order valence-corrected chi connectivity index (χ4v) is 3.27. The topological polar surface area (TPSA) is 78.0 Å². The molecule has 2 heterocycles. The number of carbonyl (C=O) groups is 2. The number of hydrogen-bond donors (Lipinski definition) is 0.